The fourth-order valence-electron chi connectivity index (χ4n) is 1.76. The molecule has 0 spiro atoms. The largest absolute Gasteiger partial charge is 0.396 e. The molecule has 0 unspecified atom stereocenters. The second-order valence-electron chi connectivity index (χ2n) is 3.56. The number of rotatable bonds is 2. The number of nitrogens with one attached hydrogen (secondary N) is 1. The highest BCUT2D eigenvalue weighted by molar-refractivity contribution is 7.99. The van der Waals surface area contributed by atoms with Gasteiger partial charge in [-0.2, -0.15) is 11.8 Å². The summed E-state index contributed by atoms with van der Waals surface area (Å²) < 4.78 is 1.50. The minimum Gasteiger partial charge on any atom is -0.396 e. The fraction of sp³-hybridized carbons (Fsp3) is 0.556. The van der Waals surface area contributed by atoms with Crippen LogP contribution in [0.1, 0.15) is 6.04 Å². The lowest BCUT2D eigenvalue weighted by Gasteiger charge is -2.18. The zero-order valence-corrected chi connectivity index (χ0v) is 8.87. The number of hydrogen-bond acceptors (Lipinski definition) is 4. The minimum atomic E-state index is -0.395. The molecule has 1 aromatic heterocycles. The molecular formula is C9H12N2O3S. The van der Waals surface area contributed by atoms with Gasteiger partial charge in [0.1, 0.15) is 0 Å². The molecule has 0 aromatic carbocycles. The number of aromatic amines is 1. The number of thioether (sulfide) groups is 1. The van der Waals surface area contributed by atoms with E-state index in [0.29, 0.717) is 0 Å². The van der Waals surface area contributed by atoms with Gasteiger partial charge < -0.3 is 5.11 Å². The molecule has 1 aliphatic heterocycles. The molecule has 0 bridgehead atoms. The molecule has 1 fully saturated rings. The van der Waals surface area contributed by atoms with Gasteiger partial charge in [-0.1, -0.05) is 0 Å². The van der Waals surface area contributed by atoms with Crippen molar-refractivity contribution in [2.75, 3.05) is 18.1 Å². The highest BCUT2D eigenvalue weighted by Gasteiger charge is 2.29. The smallest absolute Gasteiger partial charge is 0.328 e. The molecule has 2 rings (SSSR count). The number of H-pyrrole nitrogens is 1. The predicted octanol–water partition coefficient (Wildman–Crippen LogP) is -0.567. The van der Waals surface area contributed by atoms with E-state index >= 15 is 0 Å². The first kappa shape index (κ1) is 10.5. The van der Waals surface area contributed by atoms with E-state index in [1.54, 1.807) is 11.8 Å². The van der Waals surface area contributed by atoms with Gasteiger partial charge in [-0.3, -0.25) is 14.3 Å². The Bertz CT molecular complexity index is 453. The standard InChI is InChI=1S/C9H12N2O3S/c12-3-6-4-15-5-7(6)11-2-1-8(13)10-9(11)14/h1-2,6-7,12H,3-5H2,(H,10,13,14)/t6-,7+/m0/s1. The first-order valence-corrected chi connectivity index (χ1v) is 5.88. The van der Waals surface area contributed by atoms with Crippen LogP contribution < -0.4 is 11.2 Å². The van der Waals surface area contributed by atoms with Crippen LogP contribution in [0.25, 0.3) is 0 Å². The Morgan fingerprint density at radius 2 is 2.33 bits per heavy atom. The number of hydrogen-bond donors (Lipinski definition) is 2. The van der Waals surface area contributed by atoms with Crippen LogP contribution in [0, 0.1) is 5.92 Å². The van der Waals surface area contributed by atoms with Gasteiger partial charge in [0.2, 0.25) is 0 Å². The van der Waals surface area contributed by atoms with Crippen LogP contribution in [0.2, 0.25) is 0 Å². The number of aromatic nitrogens is 2. The molecule has 2 N–H and O–H groups in total. The summed E-state index contributed by atoms with van der Waals surface area (Å²) in [5.41, 5.74) is -0.782. The van der Waals surface area contributed by atoms with E-state index < -0.39 is 5.69 Å². The van der Waals surface area contributed by atoms with Gasteiger partial charge in [0.25, 0.3) is 5.56 Å². The Balaban J connectivity index is 2.37. The predicted molar refractivity (Wildman–Crippen MR) is 58.3 cm³/mol. The summed E-state index contributed by atoms with van der Waals surface area (Å²) >= 11 is 1.71. The second-order valence-corrected chi connectivity index (χ2v) is 4.64. The Labute approximate surface area is 90.1 Å². The molecule has 1 aliphatic rings. The quantitative estimate of drug-likeness (QED) is 0.711. The van der Waals surface area contributed by atoms with Crippen molar-refractivity contribution < 1.29 is 5.11 Å². The van der Waals surface area contributed by atoms with Crippen molar-refractivity contribution in [2.24, 2.45) is 5.92 Å². The number of aliphatic hydroxyl groups is 1. The fourth-order valence-corrected chi connectivity index (χ4v) is 3.20. The van der Waals surface area contributed by atoms with E-state index in [1.807, 2.05) is 0 Å². The first-order chi connectivity index (χ1) is 7.22. The highest BCUT2D eigenvalue weighted by Crippen LogP contribution is 2.32. The maximum atomic E-state index is 11.5. The van der Waals surface area contributed by atoms with E-state index in [-0.39, 0.29) is 24.1 Å². The molecule has 5 nitrogen and oxygen atoms in total. The topological polar surface area (TPSA) is 75.1 Å². The normalized spacial score (nSPS) is 25.7. The molecular weight excluding hydrogens is 216 g/mol. The average Bonchev–Trinajstić information content (AvgIpc) is 2.65. The Hall–Kier alpha value is -1.01. The van der Waals surface area contributed by atoms with Crippen molar-refractivity contribution in [3.05, 3.63) is 33.1 Å². The van der Waals surface area contributed by atoms with E-state index in [2.05, 4.69) is 4.98 Å². The Morgan fingerprint density at radius 1 is 1.53 bits per heavy atom. The maximum absolute atomic E-state index is 11.5. The lowest BCUT2D eigenvalue weighted by atomic mass is 10.1. The van der Waals surface area contributed by atoms with Crippen LogP contribution in [-0.2, 0) is 0 Å². The number of aliphatic hydroxyl groups excluding tert-OH is 1. The third-order valence-electron chi connectivity index (χ3n) is 2.61. The SMILES string of the molecule is O=c1ccn([C@@H]2CSC[C@@H]2CO)c(=O)[nH]1. The summed E-state index contributed by atoms with van der Waals surface area (Å²) in [7, 11) is 0. The van der Waals surface area contributed by atoms with E-state index in [1.165, 1.54) is 16.8 Å². The van der Waals surface area contributed by atoms with Crippen molar-refractivity contribution in [1.82, 2.24) is 9.55 Å². The van der Waals surface area contributed by atoms with Crippen LogP contribution in [0.15, 0.2) is 21.9 Å². The van der Waals surface area contributed by atoms with E-state index in [9.17, 15) is 9.59 Å². The average molecular weight is 228 g/mol. The Kier molecular flexibility index (Phi) is 2.97. The van der Waals surface area contributed by atoms with Gasteiger partial charge in [-0.25, -0.2) is 4.79 Å². The van der Waals surface area contributed by atoms with Crippen LogP contribution in [0.3, 0.4) is 0 Å². The molecule has 2 heterocycles. The van der Waals surface area contributed by atoms with Crippen LogP contribution in [0.5, 0.6) is 0 Å². The zero-order chi connectivity index (χ0) is 10.8. The van der Waals surface area contributed by atoms with Crippen molar-refractivity contribution >= 4 is 11.8 Å². The molecule has 0 radical (unpaired) electrons. The van der Waals surface area contributed by atoms with Gasteiger partial charge >= 0.3 is 5.69 Å². The summed E-state index contributed by atoms with van der Waals surface area (Å²) in [6, 6.07) is 1.32. The summed E-state index contributed by atoms with van der Waals surface area (Å²) in [6.45, 7) is 0.0727. The molecule has 82 valence electrons. The highest BCUT2D eigenvalue weighted by atomic mass is 32.2. The first-order valence-electron chi connectivity index (χ1n) is 4.72. The minimum absolute atomic E-state index is 0.00986. The van der Waals surface area contributed by atoms with Gasteiger partial charge in [0.15, 0.2) is 0 Å². The van der Waals surface area contributed by atoms with Gasteiger partial charge in [-0.15, -0.1) is 0 Å². The van der Waals surface area contributed by atoms with Gasteiger partial charge in [0.05, 0.1) is 6.04 Å². The van der Waals surface area contributed by atoms with Crippen LogP contribution in [0.4, 0.5) is 0 Å². The molecule has 6 heteroatoms. The summed E-state index contributed by atoms with van der Waals surface area (Å²) in [5, 5.41) is 9.14. The lowest BCUT2D eigenvalue weighted by molar-refractivity contribution is 0.205. The van der Waals surface area contributed by atoms with Gasteiger partial charge in [0, 0.05) is 36.3 Å². The zero-order valence-electron chi connectivity index (χ0n) is 8.05. The molecule has 0 aliphatic carbocycles. The van der Waals surface area contributed by atoms with Crippen molar-refractivity contribution in [1.29, 1.82) is 0 Å². The second kappa shape index (κ2) is 4.24. The van der Waals surface area contributed by atoms with Gasteiger partial charge in [-0.05, 0) is 0 Å². The van der Waals surface area contributed by atoms with Crippen molar-refractivity contribution in [3.63, 3.8) is 0 Å². The molecule has 0 saturated carbocycles. The summed E-state index contributed by atoms with van der Waals surface area (Å²) in [4.78, 5) is 24.6. The van der Waals surface area contributed by atoms with E-state index in [0.717, 1.165) is 11.5 Å². The number of nitrogens with zero attached hydrogens (tertiary/aromatic N) is 1. The van der Waals surface area contributed by atoms with Crippen LogP contribution >= 0.6 is 11.8 Å². The molecule has 15 heavy (non-hydrogen) atoms. The third-order valence-corrected chi connectivity index (χ3v) is 3.85. The van der Waals surface area contributed by atoms with Crippen molar-refractivity contribution in [2.45, 2.75) is 6.04 Å². The Morgan fingerprint density at radius 3 is 3.00 bits per heavy atom. The summed E-state index contributed by atoms with van der Waals surface area (Å²) in [6.07, 6.45) is 1.50. The lowest BCUT2D eigenvalue weighted by Crippen LogP contribution is -2.34. The monoisotopic (exact) mass is 228 g/mol. The van der Waals surface area contributed by atoms with E-state index in [4.69, 9.17) is 5.11 Å². The molecule has 2 atom stereocenters. The molecule has 0 amide bonds. The van der Waals surface area contributed by atoms with Crippen LogP contribution in [-0.4, -0.2) is 32.8 Å². The molecule has 1 aromatic rings. The maximum Gasteiger partial charge on any atom is 0.328 e. The van der Waals surface area contributed by atoms with Crippen molar-refractivity contribution in [3.8, 4) is 0 Å². The third kappa shape index (κ3) is 2.00. The molecule has 1 saturated heterocycles. The summed E-state index contributed by atoms with van der Waals surface area (Å²) in [5.74, 6) is 1.75.